The van der Waals surface area contributed by atoms with Gasteiger partial charge in [0, 0.05) is 25.8 Å². The number of piperidine rings is 1. The van der Waals surface area contributed by atoms with Gasteiger partial charge < -0.3 is 9.64 Å². The van der Waals surface area contributed by atoms with E-state index in [0.29, 0.717) is 19.7 Å². The van der Waals surface area contributed by atoms with E-state index in [0.717, 1.165) is 25.0 Å². The number of amides is 1. The molecule has 6 heteroatoms. The van der Waals surface area contributed by atoms with Crippen molar-refractivity contribution >= 4 is 5.91 Å². The Balaban J connectivity index is 2.12. The summed E-state index contributed by atoms with van der Waals surface area (Å²) in [6.07, 6.45) is -2.62. The van der Waals surface area contributed by atoms with Crippen LogP contribution in [0.15, 0.2) is 24.3 Å². The second-order valence-electron chi connectivity index (χ2n) is 5.29. The molecule has 1 aliphatic heterocycles. The minimum absolute atomic E-state index is 0.0860. The first kappa shape index (κ1) is 15.8. The number of likely N-dealkylation sites (tertiary alicyclic amines) is 1. The lowest BCUT2D eigenvalue weighted by atomic mass is 9.98. The summed E-state index contributed by atoms with van der Waals surface area (Å²) in [7, 11) is 1.60. The Labute approximate surface area is 121 Å². The van der Waals surface area contributed by atoms with Crippen molar-refractivity contribution in [1.82, 2.24) is 4.90 Å². The Bertz CT molecular complexity index is 500. The van der Waals surface area contributed by atoms with E-state index < -0.39 is 11.7 Å². The van der Waals surface area contributed by atoms with E-state index in [1.54, 1.807) is 12.0 Å². The molecule has 0 radical (unpaired) electrons. The van der Waals surface area contributed by atoms with Gasteiger partial charge in [-0.05, 0) is 37.0 Å². The van der Waals surface area contributed by atoms with Gasteiger partial charge in [0.1, 0.15) is 0 Å². The maximum Gasteiger partial charge on any atom is 0.416 e. The van der Waals surface area contributed by atoms with Crippen molar-refractivity contribution in [2.75, 3.05) is 26.8 Å². The molecular formula is C15H18F3NO2. The van der Waals surface area contributed by atoms with Crippen molar-refractivity contribution in [3.05, 3.63) is 35.4 Å². The molecule has 1 aromatic rings. The second-order valence-corrected chi connectivity index (χ2v) is 5.29. The summed E-state index contributed by atoms with van der Waals surface area (Å²) >= 11 is 0. The molecule has 0 aliphatic carbocycles. The van der Waals surface area contributed by atoms with Crippen LogP contribution in [0.2, 0.25) is 0 Å². The monoisotopic (exact) mass is 301 g/mol. The first-order valence-electron chi connectivity index (χ1n) is 6.87. The zero-order valence-corrected chi connectivity index (χ0v) is 11.8. The summed E-state index contributed by atoms with van der Waals surface area (Å²) in [6, 6.07) is 4.59. The van der Waals surface area contributed by atoms with Crippen LogP contribution in [-0.2, 0) is 10.9 Å². The molecule has 1 amide bonds. The van der Waals surface area contributed by atoms with E-state index in [1.165, 1.54) is 12.1 Å². The molecule has 0 aromatic heterocycles. The molecule has 0 bridgehead atoms. The molecular weight excluding hydrogens is 283 g/mol. The zero-order chi connectivity index (χ0) is 15.5. The molecule has 3 nitrogen and oxygen atoms in total. The van der Waals surface area contributed by atoms with Gasteiger partial charge in [0.25, 0.3) is 5.91 Å². The fourth-order valence-electron chi connectivity index (χ4n) is 2.63. The molecule has 1 atom stereocenters. The Morgan fingerprint density at radius 1 is 1.43 bits per heavy atom. The molecule has 116 valence electrons. The molecule has 21 heavy (non-hydrogen) atoms. The molecule has 1 saturated heterocycles. The van der Waals surface area contributed by atoms with Crippen LogP contribution in [0, 0.1) is 5.92 Å². The normalized spacial score (nSPS) is 19.6. The topological polar surface area (TPSA) is 29.5 Å². The number of carbonyl (C=O) groups excluding carboxylic acids is 1. The second kappa shape index (κ2) is 6.47. The van der Waals surface area contributed by atoms with Gasteiger partial charge in [-0.25, -0.2) is 0 Å². The molecule has 0 saturated carbocycles. The summed E-state index contributed by atoms with van der Waals surface area (Å²) in [5.74, 6) is -0.0969. The van der Waals surface area contributed by atoms with E-state index in [2.05, 4.69) is 0 Å². The Morgan fingerprint density at radius 2 is 2.19 bits per heavy atom. The van der Waals surface area contributed by atoms with Crippen LogP contribution in [0.1, 0.15) is 28.8 Å². The van der Waals surface area contributed by atoms with Crippen molar-refractivity contribution in [2.45, 2.75) is 19.0 Å². The van der Waals surface area contributed by atoms with E-state index in [4.69, 9.17) is 4.74 Å². The first-order chi connectivity index (χ1) is 9.91. The minimum Gasteiger partial charge on any atom is -0.384 e. The van der Waals surface area contributed by atoms with E-state index in [-0.39, 0.29) is 17.4 Å². The maximum atomic E-state index is 12.7. The largest absolute Gasteiger partial charge is 0.416 e. The van der Waals surface area contributed by atoms with Crippen molar-refractivity contribution in [3.63, 3.8) is 0 Å². The first-order valence-corrected chi connectivity index (χ1v) is 6.87. The average molecular weight is 301 g/mol. The van der Waals surface area contributed by atoms with Crippen LogP contribution in [0.5, 0.6) is 0 Å². The molecule has 1 unspecified atom stereocenters. The molecule has 1 fully saturated rings. The summed E-state index contributed by atoms with van der Waals surface area (Å²) in [4.78, 5) is 14.0. The zero-order valence-electron chi connectivity index (χ0n) is 11.8. The van der Waals surface area contributed by atoms with Crippen LogP contribution in [0.4, 0.5) is 13.2 Å². The van der Waals surface area contributed by atoms with Crippen LogP contribution in [0.25, 0.3) is 0 Å². The standard InChI is InChI=1S/C15H18F3NO2/c1-21-10-11-4-3-7-19(9-11)14(20)12-5-2-6-13(8-12)15(16,17)18/h2,5-6,8,11H,3-4,7,9-10H2,1H3. The lowest BCUT2D eigenvalue weighted by Crippen LogP contribution is -2.41. The third kappa shape index (κ3) is 3.97. The molecule has 1 aromatic carbocycles. The fraction of sp³-hybridized carbons (Fsp3) is 0.533. The molecule has 1 heterocycles. The quantitative estimate of drug-likeness (QED) is 0.858. The third-order valence-corrected chi connectivity index (χ3v) is 3.65. The smallest absolute Gasteiger partial charge is 0.384 e. The number of rotatable bonds is 3. The summed E-state index contributed by atoms with van der Waals surface area (Å²) in [6.45, 7) is 1.67. The number of hydrogen-bond acceptors (Lipinski definition) is 2. The fourth-order valence-corrected chi connectivity index (χ4v) is 2.63. The van der Waals surface area contributed by atoms with Crippen LogP contribution < -0.4 is 0 Å². The molecule has 0 N–H and O–H groups in total. The van der Waals surface area contributed by atoms with Gasteiger partial charge in [-0.1, -0.05) is 6.07 Å². The maximum absolute atomic E-state index is 12.7. The third-order valence-electron chi connectivity index (χ3n) is 3.65. The summed E-state index contributed by atoms with van der Waals surface area (Å²) < 4.78 is 43.2. The molecule has 2 rings (SSSR count). The molecule has 0 spiro atoms. The highest BCUT2D eigenvalue weighted by Gasteiger charge is 2.32. The van der Waals surface area contributed by atoms with E-state index >= 15 is 0 Å². The van der Waals surface area contributed by atoms with Crippen LogP contribution >= 0.6 is 0 Å². The number of alkyl halides is 3. The highest BCUT2D eigenvalue weighted by Crippen LogP contribution is 2.30. The lowest BCUT2D eigenvalue weighted by Gasteiger charge is -2.32. The Morgan fingerprint density at radius 3 is 2.86 bits per heavy atom. The average Bonchev–Trinajstić information content (AvgIpc) is 2.46. The van der Waals surface area contributed by atoms with Crippen LogP contribution in [-0.4, -0.2) is 37.6 Å². The molecule has 1 aliphatic rings. The van der Waals surface area contributed by atoms with Gasteiger partial charge in [0.2, 0.25) is 0 Å². The van der Waals surface area contributed by atoms with Crippen molar-refractivity contribution in [3.8, 4) is 0 Å². The lowest BCUT2D eigenvalue weighted by molar-refractivity contribution is -0.137. The van der Waals surface area contributed by atoms with Crippen molar-refractivity contribution in [1.29, 1.82) is 0 Å². The van der Waals surface area contributed by atoms with E-state index in [9.17, 15) is 18.0 Å². The SMILES string of the molecule is COCC1CCCN(C(=O)c2cccc(C(F)(F)F)c2)C1. The predicted molar refractivity (Wildman–Crippen MR) is 71.9 cm³/mol. The van der Waals surface area contributed by atoms with Crippen molar-refractivity contribution < 1.29 is 22.7 Å². The highest BCUT2D eigenvalue weighted by atomic mass is 19.4. The van der Waals surface area contributed by atoms with Gasteiger partial charge in [0.05, 0.1) is 12.2 Å². The number of halogens is 3. The minimum atomic E-state index is -4.43. The highest BCUT2D eigenvalue weighted by molar-refractivity contribution is 5.94. The van der Waals surface area contributed by atoms with Crippen molar-refractivity contribution in [2.24, 2.45) is 5.92 Å². The number of hydrogen-bond donors (Lipinski definition) is 0. The summed E-state index contributed by atoms with van der Waals surface area (Å²) in [5, 5.41) is 0. The Hall–Kier alpha value is -1.56. The van der Waals surface area contributed by atoms with E-state index in [1.807, 2.05) is 0 Å². The predicted octanol–water partition coefficient (Wildman–Crippen LogP) is 3.20. The number of ether oxygens (including phenoxy) is 1. The number of benzene rings is 1. The number of nitrogens with zero attached hydrogens (tertiary/aromatic N) is 1. The summed E-state index contributed by atoms with van der Waals surface area (Å²) in [5.41, 5.74) is -0.707. The van der Waals surface area contributed by atoms with Crippen LogP contribution in [0.3, 0.4) is 0 Å². The Kier molecular flexibility index (Phi) is 4.88. The van der Waals surface area contributed by atoms with Gasteiger partial charge >= 0.3 is 6.18 Å². The van der Waals surface area contributed by atoms with Gasteiger partial charge in [-0.2, -0.15) is 13.2 Å². The number of methoxy groups -OCH3 is 1. The number of carbonyl (C=O) groups is 1. The van der Waals surface area contributed by atoms with Gasteiger partial charge in [-0.3, -0.25) is 4.79 Å². The van der Waals surface area contributed by atoms with Gasteiger partial charge in [0.15, 0.2) is 0 Å². The van der Waals surface area contributed by atoms with Gasteiger partial charge in [-0.15, -0.1) is 0 Å².